The topological polar surface area (TPSA) is 49.8 Å². The Morgan fingerprint density at radius 2 is 1.80 bits per heavy atom. The lowest BCUT2D eigenvalue weighted by atomic mass is 9.75. The molecule has 0 radical (unpaired) electrons. The molecule has 3 rings (SSSR count). The van der Waals surface area contributed by atoms with E-state index in [1.807, 2.05) is 48.5 Å². The van der Waals surface area contributed by atoms with Crippen LogP contribution in [0, 0.1) is 0 Å². The van der Waals surface area contributed by atoms with Gasteiger partial charge in [0.15, 0.2) is 0 Å². The van der Waals surface area contributed by atoms with Crippen LogP contribution in [-0.4, -0.2) is 37.4 Å². The smallest absolute Gasteiger partial charge is 0.318 e. The summed E-state index contributed by atoms with van der Waals surface area (Å²) in [6.45, 7) is 7.07. The van der Waals surface area contributed by atoms with Gasteiger partial charge in [0, 0.05) is 18.8 Å². The Morgan fingerprint density at radius 3 is 2.40 bits per heavy atom. The fourth-order valence-electron chi connectivity index (χ4n) is 3.34. The van der Waals surface area contributed by atoms with Gasteiger partial charge in [0.25, 0.3) is 0 Å². The molecule has 1 aliphatic heterocycles. The first-order valence-electron chi connectivity index (χ1n) is 8.81. The molecule has 1 N–H and O–H groups in total. The second-order valence-corrected chi connectivity index (χ2v) is 6.63. The third-order valence-corrected chi connectivity index (χ3v) is 5.16. The summed E-state index contributed by atoms with van der Waals surface area (Å²) in [6, 6.07) is 15.8. The number of morpholine rings is 1. The van der Waals surface area contributed by atoms with Crippen LogP contribution in [0.1, 0.15) is 30.5 Å². The van der Waals surface area contributed by atoms with E-state index >= 15 is 0 Å². The highest BCUT2D eigenvalue weighted by atomic mass is 16.5. The molecule has 4 heteroatoms. The van der Waals surface area contributed by atoms with Crippen molar-refractivity contribution in [3.8, 4) is 0 Å². The van der Waals surface area contributed by atoms with Gasteiger partial charge in [-0.2, -0.15) is 0 Å². The number of carbonyl (C=O) groups is 1. The largest absolute Gasteiger partial charge is 0.480 e. The highest BCUT2D eigenvalue weighted by Gasteiger charge is 2.37. The van der Waals surface area contributed by atoms with Crippen molar-refractivity contribution in [1.82, 2.24) is 0 Å². The molecule has 2 aromatic carbocycles. The number of benzene rings is 2. The molecule has 1 fully saturated rings. The van der Waals surface area contributed by atoms with Gasteiger partial charge < -0.3 is 14.7 Å². The fraction of sp³-hybridized carbons (Fsp3) is 0.381. The van der Waals surface area contributed by atoms with Gasteiger partial charge in [-0.05, 0) is 42.2 Å². The monoisotopic (exact) mass is 339 g/mol. The molecule has 25 heavy (non-hydrogen) atoms. The second-order valence-electron chi connectivity index (χ2n) is 6.63. The Labute approximate surface area is 149 Å². The van der Waals surface area contributed by atoms with Gasteiger partial charge in [-0.1, -0.05) is 43.3 Å². The van der Waals surface area contributed by atoms with Gasteiger partial charge in [-0.25, -0.2) is 0 Å². The Morgan fingerprint density at radius 1 is 1.12 bits per heavy atom. The van der Waals surface area contributed by atoms with E-state index in [2.05, 4.69) is 11.8 Å². The van der Waals surface area contributed by atoms with Crippen LogP contribution in [0.15, 0.2) is 48.5 Å². The Hall–Kier alpha value is -2.33. The van der Waals surface area contributed by atoms with Gasteiger partial charge in [0.1, 0.15) is 5.41 Å². The Kier molecular flexibility index (Phi) is 5.09. The van der Waals surface area contributed by atoms with E-state index in [0.29, 0.717) is 0 Å². The summed E-state index contributed by atoms with van der Waals surface area (Å²) in [4.78, 5) is 14.4. The highest BCUT2D eigenvalue weighted by Crippen LogP contribution is 2.34. The number of aryl methyl sites for hydroxylation is 1. The van der Waals surface area contributed by atoms with Crippen LogP contribution in [-0.2, 0) is 21.4 Å². The molecule has 1 aliphatic rings. The molecule has 0 saturated carbocycles. The number of nitrogens with zero attached hydrogens (tertiary/aromatic N) is 1. The first-order valence-corrected chi connectivity index (χ1v) is 8.81. The molecule has 132 valence electrons. The van der Waals surface area contributed by atoms with Crippen molar-refractivity contribution in [1.29, 1.82) is 0 Å². The van der Waals surface area contributed by atoms with Crippen LogP contribution in [0.25, 0.3) is 0 Å². The van der Waals surface area contributed by atoms with Crippen molar-refractivity contribution < 1.29 is 14.6 Å². The van der Waals surface area contributed by atoms with Crippen LogP contribution < -0.4 is 4.90 Å². The minimum absolute atomic E-state index is 0.735. The predicted octanol–water partition coefficient (Wildman–Crippen LogP) is 3.48. The van der Waals surface area contributed by atoms with Crippen LogP contribution in [0.2, 0.25) is 0 Å². The third kappa shape index (κ3) is 3.40. The van der Waals surface area contributed by atoms with E-state index in [1.165, 1.54) is 0 Å². The SMILES string of the molecule is CCc1cccc(C(C)(C(=O)O)c2ccc(N3CCOCC3)cc2)c1. The molecule has 0 aliphatic carbocycles. The lowest BCUT2D eigenvalue weighted by Gasteiger charge is -2.30. The zero-order valence-electron chi connectivity index (χ0n) is 14.9. The summed E-state index contributed by atoms with van der Waals surface area (Å²) in [5.74, 6) is -0.833. The predicted molar refractivity (Wildman–Crippen MR) is 99.4 cm³/mol. The van der Waals surface area contributed by atoms with E-state index in [-0.39, 0.29) is 0 Å². The van der Waals surface area contributed by atoms with Gasteiger partial charge >= 0.3 is 5.97 Å². The fourth-order valence-corrected chi connectivity index (χ4v) is 3.34. The van der Waals surface area contributed by atoms with Crippen molar-refractivity contribution in [3.05, 3.63) is 65.2 Å². The number of ether oxygens (including phenoxy) is 1. The number of anilines is 1. The van der Waals surface area contributed by atoms with Gasteiger partial charge in [-0.3, -0.25) is 4.79 Å². The molecular formula is C21H25NO3. The Balaban J connectivity index is 1.95. The average molecular weight is 339 g/mol. The van der Waals surface area contributed by atoms with E-state index in [9.17, 15) is 9.90 Å². The van der Waals surface area contributed by atoms with Crippen molar-refractivity contribution >= 4 is 11.7 Å². The summed E-state index contributed by atoms with van der Waals surface area (Å²) < 4.78 is 5.39. The lowest BCUT2D eigenvalue weighted by molar-refractivity contribution is -0.141. The zero-order chi connectivity index (χ0) is 17.9. The second kappa shape index (κ2) is 7.28. The van der Waals surface area contributed by atoms with E-state index in [1.54, 1.807) is 6.92 Å². The summed E-state index contributed by atoms with van der Waals surface area (Å²) in [6.07, 6.45) is 0.888. The first kappa shape index (κ1) is 17.5. The Bertz CT molecular complexity index is 735. The summed E-state index contributed by atoms with van der Waals surface area (Å²) in [7, 11) is 0. The van der Waals surface area contributed by atoms with Gasteiger partial charge in [0.2, 0.25) is 0 Å². The zero-order valence-corrected chi connectivity index (χ0v) is 14.9. The van der Waals surface area contributed by atoms with Crippen LogP contribution in [0.3, 0.4) is 0 Å². The molecule has 1 atom stereocenters. The molecular weight excluding hydrogens is 314 g/mol. The quantitative estimate of drug-likeness (QED) is 0.906. The van der Waals surface area contributed by atoms with Crippen LogP contribution in [0.5, 0.6) is 0 Å². The molecule has 0 aromatic heterocycles. The van der Waals surface area contributed by atoms with E-state index in [0.717, 1.165) is 55.1 Å². The van der Waals surface area contributed by atoms with Crippen molar-refractivity contribution in [2.45, 2.75) is 25.7 Å². The highest BCUT2D eigenvalue weighted by molar-refractivity contribution is 5.85. The third-order valence-electron chi connectivity index (χ3n) is 5.16. The van der Waals surface area contributed by atoms with Crippen LogP contribution in [0.4, 0.5) is 5.69 Å². The minimum Gasteiger partial charge on any atom is -0.480 e. The summed E-state index contributed by atoms with van der Waals surface area (Å²) in [5.41, 5.74) is 2.81. The number of hydrogen-bond donors (Lipinski definition) is 1. The molecule has 4 nitrogen and oxygen atoms in total. The molecule has 1 saturated heterocycles. The van der Waals surface area contributed by atoms with Gasteiger partial charge in [0.05, 0.1) is 13.2 Å². The van der Waals surface area contributed by atoms with Gasteiger partial charge in [-0.15, -0.1) is 0 Å². The normalized spacial score (nSPS) is 17.1. The molecule has 1 unspecified atom stereocenters. The molecule has 1 heterocycles. The maximum Gasteiger partial charge on any atom is 0.318 e. The molecule has 0 bridgehead atoms. The van der Waals surface area contributed by atoms with Crippen molar-refractivity contribution in [3.63, 3.8) is 0 Å². The number of hydrogen-bond acceptors (Lipinski definition) is 3. The number of carboxylic acid groups (broad SMARTS) is 1. The molecule has 0 amide bonds. The van der Waals surface area contributed by atoms with Crippen molar-refractivity contribution in [2.75, 3.05) is 31.2 Å². The lowest BCUT2D eigenvalue weighted by Crippen LogP contribution is -2.36. The number of carboxylic acids is 1. The van der Waals surface area contributed by atoms with Crippen molar-refractivity contribution in [2.24, 2.45) is 0 Å². The van der Waals surface area contributed by atoms with E-state index < -0.39 is 11.4 Å². The summed E-state index contributed by atoms with van der Waals surface area (Å²) in [5, 5.41) is 9.99. The number of rotatable bonds is 5. The maximum atomic E-state index is 12.2. The molecule has 2 aromatic rings. The average Bonchev–Trinajstić information content (AvgIpc) is 2.68. The van der Waals surface area contributed by atoms with Crippen LogP contribution >= 0.6 is 0 Å². The first-order chi connectivity index (χ1) is 12.1. The maximum absolute atomic E-state index is 12.2. The number of aliphatic carboxylic acids is 1. The standard InChI is InChI=1S/C21H25NO3/c1-3-16-5-4-6-18(15-16)21(2,20(23)24)17-7-9-19(10-8-17)22-11-13-25-14-12-22/h4-10,15H,3,11-14H2,1-2H3,(H,23,24). The van der Waals surface area contributed by atoms with E-state index in [4.69, 9.17) is 4.74 Å². The summed E-state index contributed by atoms with van der Waals surface area (Å²) >= 11 is 0. The minimum atomic E-state index is -1.06. The molecule has 0 spiro atoms.